The van der Waals surface area contributed by atoms with Crippen molar-refractivity contribution in [2.45, 2.75) is 19.4 Å². The number of anilines is 1. The molecule has 1 atom stereocenters. The van der Waals surface area contributed by atoms with Gasteiger partial charge in [0.15, 0.2) is 17.6 Å². The molecule has 4 aromatic rings. The van der Waals surface area contributed by atoms with Crippen molar-refractivity contribution in [3.63, 3.8) is 0 Å². The highest BCUT2D eigenvalue weighted by atomic mass is 16.5. The van der Waals surface area contributed by atoms with Crippen LogP contribution in [0.15, 0.2) is 55.2 Å². The Kier molecular flexibility index (Phi) is 6.08. The predicted molar refractivity (Wildman–Crippen MR) is 113 cm³/mol. The van der Waals surface area contributed by atoms with Crippen LogP contribution in [0.2, 0.25) is 0 Å². The van der Waals surface area contributed by atoms with Gasteiger partial charge in [-0.1, -0.05) is 12.1 Å². The first-order valence-electron chi connectivity index (χ1n) is 9.65. The highest BCUT2D eigenvalue weighted by Crippen LogP contribution is 2.24. The summed E-state index contributed by atoms with van der Waals surface area (Å²) in [7, 11) is 1.57. The number of nitrogens with zero attached hydrogens (tertiary/aromatic N) is 6. The molecule has 4 rings (SSSR count). The number of aryl methyl sites for hydroxylation is 1. The Bertz CT molecular complexity index is 1160. The Morgan fingerprint density at radius 1 is 1.13 bits per heavy atom. The molecule has 4 heterocycles. The lowest BCUT2D eigenvalue weighted by Gasteiger charge is -2.18. The van der Waals surface area contributed by atoms with E-state index in [-0.39, 0.29) is 11.8 Å². The number of carbonyl (C=O) groups is 1. The molecule has 0 saturated carbocycles. The highest BCUT2D eigenvalue weighted by molar-refractivity contribution is 5.94. The number of hydrogen-bond acceptors (Lipinski definition) is 8. The number of methoxy groups -OCH3 is 1. The summed E-state index contributed by atoms with van der Waals surface area (Å²) in [6, 6.07) is 9.10. The summed E-state index contributed by atoms with van der Waals surface area (Å²) >= 11 is 0. The van der Waals surface area contributed by atoms with Gasteiger partial charge in [-0.3, -0.25) is 4.79 Å². The van der Waals surface area contributed by atoms with Crippen molar-refractivity contribution in [1.82, 2.24) is 29.7 Å². The van der Waals surface area contributed by atoms with Gasteiger partial charge in [0.1, 0.15) is 17.5 Å². The molecule has 0 aliphatic rings. The third-order valence-corrected chi connectivity index (χ3v) is 4.49. The molecule has 10 nitrogen and oxygen atoms in total. The Balaban J connectivity index is 1.60. The van der Waals surface area contributed by atoms with Gasteiger partial charge in [0.05, 0.1) is 12.8 Å². The second kappa shape index (κ2) is 9.26. The van der Waals surface area contributed by atoms with Crippen molar-refractivity contribution < 1.29 is 14.3 Å². The van der Waals surface area contributed by atoms with Crippen LogP contribution < -0.4 is 10.1 Å². The number of ether oxygens (including phenoxy) is 2. The van der Waals surface area contributed by atoms with Gasteiger partial charge in [-0.15, -0.1) is 0 Å². The van der Waals surface area contributed by atoms with Crippen LogP contribution >= 0.6 is 0 Å². The van der Waals surface area contributed by atoms with Crippen molar-refractivity contribution >= 4 is 22.8 Å². The number of carbonyl (C=O) groups excluding carboxylic acids is 1. The zero-order valence-electron chi connectivity index (χ0n) is 17.1. The summed E-state index contributed by atoms with van der Waals surface area (Å²) in [5, 5.41) is 7.69. The van der Waals surface area contributed by atoms with Crippen LogP contribution in [0.25, 0.3) is 16.9 Å². The third kappa shape index (κ3) is 4.64. The van der Waals surface area contributed by atoms with Gasteiger partial charge in [0.25, 0.3) is 5.91 Å². The minimum Gasteiger partial charge on any atom is -0.464 e. The van der Waals surface area contributed by atoms with E-state index >= 15 is 0 Å². The molecule has 0 aliphatic carbocycles. The first kappa shape index (κ1) is 20.4. The van der Waals surface area contributed by atoms with Gasteiger partial charge in [-0.2, -0.15) is 9.78 Å². The maximum absolute atomic E-state index is 12.9. The maximum atomic E-state index is 12.9. The van der Waals surface area contributed by atoms with Crippen molar-refractivity contribution in [3.8, 4) is 11.7 Å². The van der Waals surface area contributed by atoms with E-state index in [1.54, 1.807) is 36.4 Å². The Morgan fingerprint density at radius 2 is 2.03 bits per heavy atom. The van der Waals surface area contributed by atoms with E-state index in [1.165, 1.54) is 6.33 Å². The molecule has 10 heteroatoms. The molecule has 0 aromatic carbocycles. The van der Waals surface area contributed by atoms with Crippen molar-refractivity contribution in [1.29, 1.82) is 0 Å². The molecule has 31 heavy (non-hydrogen) atoms. The average Bonchev–Trinajstić information content (AvgIpc) is 3.24. The van der Waals surface area contributed by atoms with Crippen LogP contribution in [0.3, 0.4) is 0 Å². The number of nitrogens with one attached hydrogen (secondary N) is 1. The second-order valence-corrected chi connectivity index (χ2v) is 6.76. The van der Waals surface area contributed by atoms with E-state index in [9.17, 15) is 4.79 Å². The molecule has 0 radical (unpaired) electrons. The first-order chi connectivity index (χ1) is 15.2. The highest BCUT2D eigenvalue weighted by Gasteiger charge is 2.23. The summed E-state index contributed by atoms with van der Waals surface area (Å²) in [4.78, 5) is 29.9. The maximum Gasteiger partial charge on any atom is 0.266 e. The number of hydrogen-bond donors (Lipinski definition) is 1. The standard InChI is InChI=1S/C21H21N7O3/c1-14-6-7-17(23-11-14)27-20(29)16(8-10-30-2)31-21-15-12-26-28(19(15)24-13-25-21)18-5-3-4-9-22-18/h3-7,9,11-13,16H,8,10H2,1-2H3,(H,23,27,29). The quantitative estimate of drug-likeness (QED) is 0.462. The largest absolute Gasteiger partial charge is 0.464 e. The lowest BCUT2D eigenvalue weighted by molar-refractivity contribution is -0.123. The fourth-order valence-electron chi connectivity index (χ4n) is 2.91. The second-order valence-electron chi connectivity index (χ2n) is 6.76. The molecule has 0 fully saturated rings. The van der Waals surface area contributed by atoms with Crippen LogP contribution in [0.5, 0.6) is 5.88 Å². The van der Waals surface area contributed by atoms with E-state index in [2.05, 4.69) is 30.4 Å². The predicted octanol–water partition coefficient (Wildman–Crippen LogP) is 2.34. The molecule has 1 N–H and O–H groups in total. The summed E-state index contributed by atoms with van der Waals surface area (Å²) in [6.07, 6.45) is 5.79. The molecular weight excluding hydrogens is 398 g/mol. The van der Waals surface area contributed by atoms with E-state index in [1.807, 2.05) is 31.2 Å². The molecule has 1 unspecified atom stereocenters. The summed E-state index contributed by atoms with van der Waals surface area (Å²) in [6.45, 7) is 2.26. The SMILES string of the molecule is COCCC(Oc1ncnc2c1cnn2-c1ccccn1)C(=O)Nc1ccc(C)cn1. The summed E-state index contributed by atoms with van der Waals surface area (Å²) < 4.78 is 12.7. The third-order valence-electron chi connectivity index (χ3n) is 4.49. The van der Waals surface area contributed by atoms with Crippen LogP contribution in [0.4, 0.5) is 5.82 Å². The van der Waals surface area contributed by atoms with E-state index in [4.69, 9.17) is 9.47 Å². The lowest BCUT2D eigenvalue weighted by atomic mass is 10.2. The minimum absolute atomic E-state index is 0.250. The normalized spacial score (nSPS) is 11.9. The van der Waals surface area contributed by atoms with Crippen LogP contribution in [-0.2, 0) is 9.53 Å². The Morgan fingerprint density at radius 3 is 2.77 bits per heavy atom. The van der Waals surface area contributed by atoms with Crippen LogP contribution in [0, 0.1) is 6.92 Å². The molecule has 0 saturated heterocycles. The smallest absolute Gasteiger partial charge is 0.266 e. The fraction of sp³-hybridized carbons (Fsp3) is 0.238. The van der Waals surface area contributed by atoms with Crippen molar-refractivity contribution in [3.05, 3.63) is 60.8 Å². The minimum atomic E-state index is -0.848. The summed E-state index contributed by atoms with van der Waals surface area (Å²) in [5.74, 6) is 0.955. The average molecular weight is 419 g/mol. The molecular formula is C21H21N7O3. The Labute approximate surface area is 178 Å². The van der Waals surface area contributed by atoms with E-state index in [0.717, 1.165) is 5.56 Å². The molecule has 0 spiro atoms. The number of amides is 1. The molecule has 4 aromatic heterocycles. The fourth-order valence-corrected chi connectivity index (χ4v) is 2.91. The van der Waals surface area contributed by atoms with Gasteiger partial charge in [-0.05, 0) is 30.7 Å². The molecule has 158 valence electrons. The van der Waals surface area contributed by atoms with Gasteiger partial charge < -0.3 is 14.8 Å². The lowest BCUT2D eigenvalue weighted by Crippen LogP contribution is -2.34. The molecule has 1 amide bonds. The monoisotopic (exact) mass is 419 g/mol. The summed E-state index contributed by atoms with van der Waals surface area (Å²) in [5.41, 5.74) is 1.52. The van der Waals surface area contributed by atoms with Gasteiger partial charge in [-0.25, -0.2) is 19.9 Å². The van der Waals surface area contributed by atoms with Crippen LogP contribution in [-0.4, -0.2) is 55.4 Å². The molecule has 0 bridgehead atoms. The van der Waals surface area contributed by atoms with Gasteiger partial charge >= 0.3 is 0 Å². The number of fused-ring (bicyclic) bond motifs is 1. The Hall–Kier alpha value is -3.92. The van der Waals surface area contributed by atoms with Gasteiger partial charge in [0.2, 0.25) is 5.88 Å². The number of rotatable bonds is 8. The number of aromatic nitrogens is 6. The zero-order chi connectivity index (χ0) is 21.6. The van der Waals surface area contributed by atoms with Crippen molar-refractivity contribution in [2.75, 3.05) is 19.0 Å². The van der Waals surface area contributed by atoms with Crippen molar-refractivity contribution in [2.24, 2.45) is 0 Å². The van der Waals surface area contributed by atoms with Crippen LogP contribution in [0.1, 0.15) is 12.0 Å². The zero-order valence-corrected chi connectivity index (χ0v) is 17.1. The topological polar surface area (TPSA) is 117 Å². The van der Waals surface area contributed by atoms with Gasteiger partial charge in [0, 0.05) is 25.9 Å². The van der Waals surface area contributed by atoms with E-state index < -0.39 is 6.10 Å². The first-order valence-corrected chi connectivity index (χ1v) is 9.65. The van der Waals surface area contributed by atoms with E-state index in [0.29, 0.717) is 35.7 Å². The number of pyridine rings is 2. The molecule has 0 aliphatic heterocycles.